The number of amides is 1. The van der Waals surface area contributed by atoms with Crippen molar-refractivity contribution in [1.29, 1.82) is 0 Å². The molecule has 0 unspecified atom stereocenters. The maximum Gasteiger partial charge on any atom is 0.229 e. The van der Waals surface area contributed by atoms with Gasteiger partial charge in [-0.15, -0.1) is 11.3 Å². The van der Waals surface area contributed by atoms with Crippen LogP contribution in [0, 0.1) is 0 Å². The third kappa shape index (κ3) is 3.74. The van der Waals surface area contributed by atoms with E-state index >= 15 is 0 Å². The Balaban J connectivity index is 1.68. The molecule has 1 aromatic heterocycles. The molecule has 5 aromatic rings. The second-order valence-electron chi connectivity index (χ2n) is 7.37. The highest BCUT2D eigenvalue weighted by Crippen LogP contribution is 2.36. The topological polar surface area (TPSA) is 46.2 Å². The summed E-state index contributed by atoms with van der Waals surface area (Å²) >= 11 is 1.44. The standard InChI is InChI=1S/C27H19NO2S/c29-24(17-18-9-2-1-3-10-18)28-27-25(26(30)22-14-6-7-16-23(22)31-27)21-15-8-12-19-11-4-5-13-20(19)21/h1-16H,17H2,(H,28,29). The highest BCUT2D eigenvalue weighted by atomic mass is 32.1. The first-order chi connectivity index (χ1) is 15.2. The number of hydrogen-bond acceptors (Lipinski definition) is 3. The summed E-state index contributed by atoms with van der Waals surface area (Å²) in [5.41, 5.74) is 2.24. The Morgan fingerprint density at radius 3 is 2.26 bits per heavy atom. The fourth-order valence-electron chi connectivity index (χ4n) is 3.87. The van der Waals surface area contributed by atoms with Crippen LogP contribution in [0.15, 0.2) is 102 Å². The van der Waals surface area contributed by atoms with Crippen LogP contribution < -0.4 is 10.7 Å². The van der Waals surface area contributed by atoms with E-state index in [1.807, 2.05) is 97.1 Å². The molecule has 0 saturated heterocycles. The van der Waals surface area contributed by atoms with E-state index in [1.165, 1.54) is 11.3 Å². The van der Waals surface area contributed by atoms with Crippen LogP contribution in [0.5, 0.6) is 0 Å². The fraction of sp³-hybridized carbons (Fsp3) is 0.0370. The first-order valence-electron chi connectivity index (χ1n) is 10.1. The number of fused-ring (bicyclic) bond motifs is 2. The molecule has 1 N–H and O–H groups in total. The summed E-state index contributed by atoms with van der Waals surface area (Å²) < 4.78 is 0.853. The Kier molecular flexibility index (Phi) is 5.06. The van der Waals surface area contributed by atoms with Crippen LogP contribution in [0.3, 0.4) is 0 Å². The molecule has 0 saturated carbocycles. The Hall–Kier alpha value is -3.76. The molecule has 0 aliphatic heterocycles. The first kappa shape index (κ1) is 19.2. The zero-order chi connectivity index (χ0) is 21.2. The minimum Gasteiger partial charge on any atom is -0.317 e. The lowest BCUT2D eigenvalue weighted by Gasteiger charge is -2.14. The van der Waals surface area contributed by atoms with Crippen molar-refractivity contribution in [3.8, 4) is 11.1 Å². The number of nitrogens with one attached hydrogen (secondary N) is 1. The zero-order valence-corrected chi connectivity index (χ0v) is 17.5. The lowest BCUT2D eigenvalue weighted by Crippen LogP contribution is -2.17. The second kappa shape index (κ2) is 8.17. The molecule has 0 radical (unpaired) electrons. The van der Waals surface area contributed by atoms with Gasteiger partial charge in [-0.05, 0) is 34.0 Å². The summed E-state index contributed by atoms with van der Waals surface area (Å²) in [5, 5.41) is 6.33. The minimum atomic E-state index is -0.140. The van der Waals surface area contributed by atoms with E-state index in [4.69, 9.17) is 0 Å². The molecule has 150 valence electrons. The smallest absolute Gasteiger partial charge is 0.229 e. The van der Waals surface area contributed by atoms with Crippen LogP contribution >= 0.6 is 11.3 Å². The van der Waals surface area contributed by atoms with Crippen LogP contribution in [0.4, 0.5) is 5.00 Å². The van der Waals surface area contributed by atoms with Gasteiger partial charge >= 0.3 is 0 Å². The fourth-order valence-corrected chi connectivity index (χ4v) is 4.98. The highest BCUT2D eigenvalue weighted by Gasteiger charge is 2.18. The summed E-state index contributed by atoms with van der Waals surface area (Å²) in [6, 6.07) is 31.1. The Bertz CT molecular complexity index is 1470. The number of anilines is 1. The maximum absolute atomic E-state index is 13.6. The zero-order valence-electron chi connectivity index (χ0n) is 16.7. The molecule has 0 fully saturated rings. The molecule has 4 aromatic carbocycles. The van der Waals surface area contributed by atoms with E-state index in [0.717, 1.165) is 26.6 Å². The van der Waals surface area contributed by atoms with Gasteiger partial charge < -0.3 is 5.32 Å². The van der Waals surface area contributed by atoms with Crippen LogP contribution in [-0.2, 0) is 11.2 Å². The number of hydrogen-bond donors (Lipinski definition) is 1. The first-order valence-corrected chi connectivity index (χ1v) is 10.9. The molecule has 0 aliphatic rings. The summed E-state index contributed by atoms with van der Waals surface area (Å²) in [4.78, 5) is 26.5. The van der Waals surface area contributed by atoms with Crippen LogP contribution in [0.2, 0.25) is 0 Å². The van der Waals surface area contributed by atoms with Gasteiger partial charge in [-0.1, -0.05) is 84.9 Å². The summed E-state index contributed by atoms with van der Waals surface area (Å²) in [6.07, 6.45) is 0.254. The summed E-state index contributed by atoms with van der Waals surface area (Å²) in [7, 11) is 0. The molecule has 0 bridgehead atoms. The van der Waals surface area contributed by atoms with Crippen molar-refractivity contribution in [2.45, 2.75) is 6.42 Å². The van der Waals surface area contributed by atoms with Crippen molar-refractivity contribution in [2.75, 3.05) is 5.32 Å². The van der Waals surface area contributed by atoms with E-state index in [-0.39, 0.29) is 17.8 Å². The van der Waals surface area contributed by atoms with E-state index < -0.39 is 0 Å². The lowest BCUT2D eigenvalue weighted by atomic mass is 9.98. The number of rotatable bonds is 4. The van der Waals surface area contributed by atoms with Gasteiger partial charge in [0, 0.05) is 10.1 Å². The van der Waals surface area contributed by atoms with Gasteiger partial charge in [-0.3, -0.25) is 9.59 Å². The largest absolute Gasteiger partial charge is 0.317 e. The average Bonchev–Trinajstić information content (AvgIpc) is 2.80. The molecule has 1 heterocycles. The summed E-state index contributed by atoms with van der Waals surface area (Å²) in [6.45, 7) is 0. The maximum atomic E-state index is 13.6. The normalized spacial score (nSPS) is 11.0. The molecule has 0 atom stereocenters. The van der Waals surface area contributed by atoms with Crippen molar-refractivity contribution in [1.82, 2.24) is 0 Å². The molecule has 3 nitrogen and oxygen atoms in total. The van der Waals surface area contributed by atoms with Gasteiger partial charge in [-0.2, -0.15) is 0 Å². The lowest BCUT2D eigenvalue weighted by molar-refractivity contribution is -0.115. The van der Waals surface area contributed by atoms with E-state index in [9.17, 15) is 9.59 Å². The predicted octanol–water partition coefficient (Wildman–Crippen LogP) is 6.26. The number of carbonyl (C=O) groups excluding carboxylic acids is 1. The second-order valence-corrected chi connectivity index (χ2v) is 8.42. The molecule has 5 rings (SSSR count). The Morgan fingerprint density at radius 1 is 0.742 bits per heavy atom. The molecule has 0 aliphatic carbocycles. The third-order valence-corrected chi connectivity index (χ3v) is 6.40. The van der Waals surface area contributed by atoms with E-state index in [0.29, 0.717) is 16.0 Å². The van der Waals surface area contributed by atoms with Crippen LogP contribution in [0.1, 0.15) is 5.56 Å². The van der Waals surface area contributed by atoms with E-state index in [1.54, 1.807) is 0 Å². The van der Waals surface area contributed by atoms with Crippen molar-refractivity contribution >= 4 is 43.1 Å². The molecule has 31 heavy (non-hydrogen) atoms. The number of benzene rings is 4. The van der Waals surface area contributed by atoms with E-state index in [2.05, 4.69) is 5.32 Å². The van der Waals surface area contributed by atoms with Crippen molar-refractivity contribution in [3.05, 3.63) is 113 Å². The Labute approximate surface area is 183 Å². The van der Waals surface area contributed by atoms with Crippen molar-refractivity contribution in [3.63, 3.8) is 0 Å². The Morgan fingerprint density at radius 2 is 1.42 bits per heavy atom. The van der Waals surface area contributed by atoms with Gasteiger partial charge in [0.25, 0.3) is 0 Å². The van der Waals surface area contributed by atoms with Crippen molar-refractivity contribution < 1.29 is 4.79 Å². The van der Waals surface area contributed by atoms with Gasteiger partial charge in [-0.25, -0.2) is 0 Å². The molecule has 4 heteroatoms. The third-order valence-electron chi connectivity index (χ3n) is 5.32. The minimum absolute atomic E-state index is 0.0688. The average molecular weight is 422 g/mol. The molecular weight excluding hydrogens is 402 g/mol. The predicted molar refractivity (Wildman–Crippen MR) is 130 cm³/mol. The quantitative estimate of drug-likeness (QED) is 0.372. The van der Waals surface area contributed by atoms with Crippen molar-refractivity contribution in [2.24, 2.45) is 0 Å². The van der Waals surface area contributed by atoms with Crippen LogP contribution in [-0.4, -0.2) is 5.91 Å². The molecular formula is C27H19NO2S. The van der Waals surface area contributed by atoms with Gasteiger partial charge in [0.1, 0.15) is 5.00 Å². The molecule has 0 spiro atoms. The van der Waals surface area contributed by atoms with Crippen LogP contribution in [0.25, 0.3) is 32.0 Å². The highest BCUT2D eigenvalue weighted by molar-refractivity contribution is 7.22. The number of carbonyl (C=O) groups is 1. The van der Waals surface area contributed by atoms with Gasteiger partial charge in [0.2, 0.25) is 5.91 Å². The van der Waals surface area contributed by atoms with Gasteiger partial charge in [0.05, 0.1) is 12.0 Å². The monoisotopic (exact) mass is 421 g/mol. The van der Waals surface area contributed by atoms with Gasteiger partial charge in [0.15, 0.2) is 5.43 Å². The summed E-state index contributed by atoms with van der Waals surface area (Å²) in [5.74, 6) is -0.140. The SMILES string of the molecule is O=C(Cc1ccccc1)Nc1sc2ccccc2c(=O)c1-c1cccc2ccccc12. The molecule has 1 amide bonds.